The predicted molar refractivity (Wildman–Crippen MR) is 122 cm³/mol. The van der Waals surface area contributed by atoms with Gasteiger partial charge in [-0.15, -0.1) is 0 Å². The van der Waals surface area contributed by atoms with Crippen molar-refractivity contribution in [2.75, 3.05) is 26.9 Å². The Labute approximate surface area is 184 Å². The maximum Gasteiger partial charge on any atom is 0.433 e. The molecule has 0 bridgehead atoms. The molecule has 0 aliphatic rings. The molecule has 0 aromatic carbocycles. The highest BCUT2D eigenvalue weighted by molar-refractivity contribution is 7.69. The Kier molecular flexibility index (Phi) is 26.2. The van der Waals surface area contributed by atoms with Gasteiger partial charge in [-0.3, -0.25) is 0 Å². The summed E-state index contributed by atoms with van der Waals surface area (Å²) in [7, 11) is -3.71. The molecule has 3 N–H and O–H groups in total. The fourth-order valence-corrected chi connectivity index (χ4v) is 3.28. The summed E-state index contributed by atoms with van der Waals surface area (Å²) >= 11 is 0. The molecule has 0 radical (unpaired) electrons. The van der Waals surface area contributed by atoms with Gasteiger partial charge in [0.1, 0.15) is 0 Å². The van der Waals surface area contributed by atoms with Crippen LogP contribution in [0.4, 0.5) is 4.79 Å². The number of unbranched alkanes of at least 4 members (excludes halogenated alkanes) is 15. The van der Waals surface area contributed by atoms with Crippen LogP contribution in [0.25, 0.3) is 0 Å². The Morgan fingerprint density at radius 3 is 1.33 bits per heavy atom. The third-order valence-corrected chi connectivity index (χ3v) is 5.45. The van der Waals surface area contributed by atoms with Crippen molar-refractivity contribution < 1.29 is 33.7 Å². The summed E-state index contributed by atoms with van der Waals surface area (Å²) < 4.78 is 18.7. The van der Waals surface area contributed by atoms with Gasteiger partial charge in [-0.05, 0) is 6.42 Å². The molecule has 0 rings (SSSR count). The quantitative estimate of drug-likeness (QED) is 0.148. The van der Waals surface area contributed by atoms with E-state index in [1.807, 2.05) is 0 Å². The summed E-state index contributed by atoms with van der Waals surface area (Å²) in [6.45, 7) is 3.75. The van der Waals surface area contributed by atoms with Crippen molar-refractivity contribution in [3.8, 4) is 0 Å². The van der Waals surface area contributed by atoms with E-state index in [0.717, 1.165) is 20.1 Å². The monoisotopic (exact) mass is 454 g/mol. The first kappa shape index (κ1) is 31.7. The highest BCUT2D eigenvalue weighted by Gasteiger charge is 2.26. The number of hydrogen-bond donors (Lipinski definition) is 3. The highest BCUT2D eigenvalue weighted by Crippen LogP contribution is 2.36. The predicted octanol–water partition coefficient (Wildman–Crippen LogP) is 6.19. The summed E-state index contributed by atoms with van der Waals surface area (Å²) in [5.41, 5.74) is -1.50. The van der Waals surface area contributed by atoms with Crippen LogP contribution in [-0.4, -0.2) is 47.5 Å². The zero-order valence-electron chi connectivity index (χ0n) is 19.4. The fourth-order valence-electron chi connectivity index (χ4n) is 3.04. The van der Waals surface area contributed by atoms with Crippen molar-refractivity contribution in [1.29, 1.82) is 0 Å². The number of methoxy groups -OCH3 is 1. The van der Waals surface area contributed by atoms with E-state index in [1.165, 1.54) is 96.3 Å². The van der Waals surface area contributed by atoms with Gasteiger partial charge in [-0.2, -0.15) is 0 Å². The van der Waals surface area contributed by atoms with Gasteiger partial charge in [0.2, 0.25) is 0 Å². The molecule has 0 amide bonds. The van der Waals surface area contributed by atoms with Crippen LogP contribution in [0, 0.1) is 0 Å². The molecule has 0 heterocycles. The number of ether oxygens (including phenoxy) is 2. The molecule has 0 aromatic rings. The third-order valence-electron chi connectivity index (χ3n) is 4.79. The van der Waals surface area contributed by atoms with Gasteiger partial charge in [-0.25, -0.2) is 9.36 Å². The fraction of sp³-hybridized carbons (Fsp3) is 0.955. The van der Waals surface area contributed by atoms with Crippen LogP contribution in [0.3, 0.4) is 0 Å². The van der Waals surface area contributed by atoms with Crippen molar-refractivity contribution in [1.82, 2.24) is 0 Å². The van der Waals surface area contributed by atoms with Crippen molar-refractivity contribution in [3.63, 3.8) is 0 Å². The van der Waals surface area contributed by atoms with E-state index in [0.29, 0.717) is 6.61 Å². The van der Waals surface area contributed by atoms with Gasteiger partial charge in [0.05, 0.1) is 20.3 Å². The Balaban J connectivity index is 0. The van der Waals surface area contributed by atoms with Crippen molar-refractivity contribution in [2.24, 2.45) is 0 Å². The molecule has 0 saturated heterocycles. The van der Waals surface area contributed by atoms with Crippen LogP contribution >= 0.6 is 7.60 Å². The molecule has 7 nitrogen and oxygen atoms in total. The first-order valence-electron chi connectivity index (χ1n) is 11.7. The van der Waals surface area contributed by atoms with Gasteiger partial charge in [0.25, 0.3) is 0 Å². The molecule has 0 spiro atoms. The minimum atomic E-state index is -4.62. The molecular weight excluding hydrogens is 407 g/mol. The molecule has 0 aromatic heterocycles. The van der Waals surface area contributed by atoms with E-state index in [-0.39, 0.29) is 6.61 Å². The Hall–Kier alpha value is -0.460. The SMILES string of the molecule is CCCCCCCCCCCCCCCCCCOCCO.COC(=O)P(=O)(O)O. The van der Waals surface area contributed by atoms with Crippen LogP contribution in [0.1, 0.15) is 110 Å². The molecule has 0 saturated carbocycles. The zero-order chi connectivity index (χ0) is 22.9. The van der Waals surface area contributed by atoms with Crippen LogP contribution in [0.5, 0.6) is 0 Å². The lowest BCUT2D eigenvalue weighted by Crippen LogP contribution is -2.00. The molecule has 182 valence electrons. The number of aliphatic hydroxyl groups excluding tert-OH is 1. The Morgan fingerprint density at radius 2 is 1.07 bits per heavy atom. The van der Waals surface area contributed by atoms with Crippen LogP contribution in [0.2, 0.25) is 0 Å². The van der Waals surface area contributed by atoms with E-state index in [4.69, 9.17) is 19.6 Å². The lowest BCUT2D eigenvalue weighted by molar-refractivity contribution is 0.0895. The lowest BCUT2D eigenvalue weighted by atomic mass is 10.0. The normalized spacial score (nSPS) is 11.1. The minimum absolute atomic E-state index is 0.152. The second kappa shape index (κ2) is 24.8. The highest BCUT2D eigenvalue weighted by atomic mass is 31.2. The zero-order valence-corrected chi connectivity index (χ0v) is 20.3. The van der Waals surface area contributed by atoms with Gasteiger partial charge >= 0.3 is 13.3 Å². The largest absolute Gasteiger partial charge is 0.460 e. The Morgan fingerprint density at radius 1 is 0.700 bits per heavy atom. The number of hydrogen-bond acceptors (Lipinski definition) is 5. The van der Waals surface area contributed by atoms with Crippen molar-refractivity contribution in [3.05, 3.63) is 0 Å². The van der Waals surface area contributed by atoms with E-state index >= 15 is 0 Å². The van der Waals surface area contributed by atoms with Crippen molar-refractivity contribution >= 4 is 13.3 Å². The lowest BCUT2D eigenvalue weighted by Gasteiger charge is -2.04. The van der Waals surface area contributed by atoms with Gasteiger partial charge in [0.15, 0.2) is 0 Å². The molecule has 0 atom stereocenters. The number of carbonyl (C=O) groups excluding carboxylic acids is 1. The van der Waals surface area contributed by atoms with Gasteiger partial charge in [0, 0.05) is 6.61 Å². The minimum Gasteiger partial charge on any atom is -0.460 e. The number of rotatable bonds is 20. The topological polar surface area (TPSA) is 113 Å². The second-order valence-corrected chi connectivity index (χ2v) is 9.11. The standard InChI is InChI=1S/C20H42O2.C2H5O5P/c1-2-3-4-5-6-7-8-9-10-11-12-13-14-15-16-17-19-22-20-18-21;1-7-2(3)8(4,5)6/h21H,2-20H2,1H3;1H3,(H2,4,5,6). The smallest absolute Gasteiger partial charge is 0.433 e. The summed E-state index contributed by atoms with van der Waals surface area (Å²) in [4.78, 5) is 25.7. The van der Waals surface area contributed by atoms with E-state index < -0.39 is 13.3 Å². The summed E-state index contributed by atoms with van der Waals surface area (Å²) in [5.74, 6) is 0. The van der Waals surface area contributed by atoms with Crippen LogP contribution in [0.15, 0.2) is 0 Å². The van der Waals surface area contributed by atoms with Gasteiger partial charge in [-0.1, -0.05) is 103 Å². The maximum atomic E-state index is 9.85. The van der Waals surface area contributed by atoms with E-state index in [9.17, 15) is 9.36 Å². The molecule has 0 fully saturated rings. The molecule has 0 aliphatic carbocycles. The van der Waals surface area contributed by atoms with Crippen LogP contribution in [-0.2, 0) is 14.0 Å². The van der Waals surface area contributed by atoms with Crippen molar-refractivity contribution in [2.45, 2.75) is 110 Å². The number of aliphatic hydroxyl groups is 1. The van der Waals surface area contributed by atoms with E-state index in [2.05, 4.69) is 11.7 Å². The average molecular weight is 455 g/mol. The number of carbonyl (C=O) groups is 1. The molecular formula is C22H47O7P. The van der Waals surface area contributed by atoms with Crippen LogP contribution < -0.4 is 0 Å². The second-order valence-electron chi connectivity index (χ2n) is 7.65. The third kappa shape index (κ3) is 27.5. The first-order valence-corrected chi connectivity index (χ1v) is 13.3. The Bertz CT molecular complexity index is 379. The molecule has 8 heteroatoms. The van der Waals surface area contributed by atoms with E-state index in [1.54, 1.807) is 0 Å². The maximum absolute atomic E-state index is 9.85. The molecule has 0 unspecified atom stereocenters. The summed E-state index contributed by atoms with van der Waals surface area (Å²) in [6, 6.07) is 0. The first-order chi connectivity index (χ1) is 14.4. The molecule has 30 heavy (non-hydrogen) atoms. The summed E-state index contributed by atoms with van der Waals surface area (Å²) in [5, 5.41) is 8.58. The van der Waals surface area contributed by atoms with Gasteiger partial charge < -0.3 is 24.4 Å². The molecule has 0 aliphatic heterocycles. The summed E-state index contributed by atoms with van der Waals surface area (Å²) in [6.07, 6.45) is 22.4. The average Bonchev–Trinajstić information content (AvgIpc) is 2.72.